The fourth-order valence-electron chi connectivity index (χ4n) is 6.56. The Bertz CT molecular complexity index is 1190. The van der Waals surface area contributed by atoms with E-state index in [9.17, 15) is 23.9 Å². The second-order valence-corrected chi connectivity index (χ2v) is 9.92. The number of hydrogen-bond donors (Lipinski definition) is 3. The van der Waals surface area contributed by atoms with Crippen LogP contribution < -0.4 is 10.6 Å². The van der Waals surface area contributed by atoms with E-state index in [0.717, 1.165) is 37.7 Å². The molecule has 3 amide bonds. The number of hydrogen-bond acceptors (Lipinski definition) is 5. The first kappa shape index (κ1) is 21.3. The van der Waals surface area contributed by atoms with Crippen molar-refractivity contribution in [1.29, 1.82) is 0 Å². The van der Waals surface area contributed by atoms with E-state index in [0.29, 0.717) is 17.7 Å². The number of phenols is 1. The van der Waals surface area contributed by atoms with Gasteiger partial charge in [0.15, 0.2) is 0 Å². The molecule has 7 nitrogen and oxygen atoms in total. The number of carbonyl (C=O) groups is 3. The van der Waals surface area contributed by atoms with Gasteiger partial charge in [0.05, 0.1) is 11.8 Å². The maximum atomic E-state index is 14.3. The minimum atomic E-state index is -1.50. The zero-order valence-electron chi connectivity index (χ0n) is 18.6. The van der Waals surface area contributed by atoms with Crippen molar-refractivity contribution in [2.75, 3.05) is 5.32 Å². The van der Waals surface area contributed by atoms with Crippen LogP contribution in [0.1, 0.15) is 43.2 Å². The van der Waals surface area contributed by atoms with Crippen molar-refractivity contribution in [2.45, 2.75) is 56.1 Å². The van der Waals surface area contributed by atoms with Crippen molar-refractivity contribution in [3.05, 3.63) is 59.4 Å². The van der Waals surface area contributed by atoms with E-state index in [1.807, 2.05) is 0 Å². The first-order valence-corrected chi connectivity index (χ1v) is 11.9. The minimum Gasteiger partial charge on any atom is -0.508 e. The van der Waals surface area contributed by atoms with E-state index in [1.165, 1.54) is 23.1 Å². The molecule has 2 aromatic carbocycles. The van der Waals surface area contributed by atoms with Crippen LogP contribution in [0.2, 0.25) is 0 Å². The van der Waals surface area contributed by atoms with Crippen LogP contribution in [-0.4, -0.2) is 39.8 Å². The molecular weight excluding hydrogens is 437 g/mol. The number of carbonyl (C=O) groups excluding carboxylic acids is 3. The van der Waals surface area contributed by atoms with E-state index in [2.05, 4.69) is 10.6 Å². The number of imide groups is 1. The normalized spacial score (nSPS) is 30.7. The number of fused-ring (bicyclic) bond motifs is 4. The molecule has 0 unspecified atom stereocenters. The van der Waals surface area contributed by atoms with E-state index in [4.69, 9.17) is 0 Å². The largest absolute Gasteiger partial charge is 0.508 e. The third-order valence-corrected chi connectivity index (χ3v) is 8.04. The lowest BCUT2D eigenvalue weighted by Crippen LogP contribution is -2.54. The fraction of sp³-hybridized carbons (Fsp3) is 0.423. The van der Waals surface area contributed by atoms with Gasteiger partial charge in [-0.25, -0.2) is 4.39 Å². The van der Waals surface area contributed by atoms with Crippen LogP contribution in [0.3, 0.4) is 0 Å². The number of halogens is 1. The number of nitrogens with one attached hydrogen (secondary N) is 2. The molecule has 1 spiro atoms. The molecule has 2 saturated heterocycles. The highest BCUT2D eigenvalue weighted by Crippen LogP contribution is 2.54. The Morgan fingerprint density at radius 3 is 2.47 bits per heavy atom. The first-order chi connectivity index (χ1) is 16.4. The number of likely N-dealkylation sites (tertiary alicyclic amines) is 1. The highest BCUT2D eigenvalue weighted by Gasteiger charge is 2.70. The van der Waals surface area contributed by atoms with Crippen molar-refractivity contribution in [1.82, 2.24) is 10.2 Å². The molecule has 8 heteroatoms. The van der Waals surface area contributed by atoms with Gasteiger partial charge >= 0.3 is 0 Å². The van der Waals surface area contributed by atoms with E-state index >= 15 is 0 Å². The van der Waals surface area contributed by atoms with Gasteiger partial charge in [0.25, 0.3) is 0 Å². The average molecular weight is 464 g/mol. The molecule has 1 aliphatic carbocycles. The molecule has 3 aliphatic heterocycles. The average Bonchev–Trinajstić information content (AvgIpc) is 3.40. The molecule has 1 saturated carbocycles. The molecule has 4 aliphatic rings. The molecule has 0 radical (unpaired) electrons. The predicted octanol–water partition coefficient (Wildman–Crippen LogP) is 2.83. The van der Waals surface area contributed by atoms with Crippen molar-refractivity contribution in [2.24, 2.45) is 11.8 Å². The maximum absolute atomic E-state index is 14.3. The summed E-state index contributed by atoms with van der Waals surface area (Å²) in [6.07, 6.45) is 4.95. The topological polar surface area (TPSA) is 98.7 Å². The lowest BCUT2D eigenvalue weighted by Gasteiger charge is -2.34. The number of nitrogens with zero attached hydrogens (tertiary/aromatic N) is 1. The highest BCUT2D eigenvalue weighted by atomic mass is 19.1. The van der Waals surface area contributed by atoms with Crippen LogP contribution in [0.25, 0.3) is 0 Å². The van der Waals surface area contributed by atoms with Gasteiger partial charge in [-0.2, -0.15) is 0 Å². The van der Waals surface area contributed by atoms with Gasteiger partial charge in [0.1, 0.15) is 17.1 Å². The van der Waals surface area contributed by atoms with Gasteiger partial charge < -0.3 is 10.4 Å². The minimum absolute atomic E-state index is 0.132. The van der Waals surface area contributed by atoms with Gasteiger partial charge in [-0.3, -0.25) is 24.6 Å². The standard InChI is InChI=1S/C26H26FN3O4/c27-15-8-11-19-18(13-15)26(25(34)28-19)22-21(20(29-26)12-14-6-9-17(31)10-7-14)23(32)30(24(22)33)16-4-2-1-3-5-16/h6-11,13,16,20-22,29,31H,1-5,12H2,(H,28,34)/t20-,21-,22-,26-/m1/s1. The summed E-state index contributed by atoms with van der Waals surface area (Å²) in [5.74, 6) is -3.05. The Morgan fingerprint density at radius 1 is 1.00 bits per heavy atom. The summed E-state index contributed by atoms with van der Waals surface area (Å²) in [7, 11) is 0. The zero-order chi connectivity index (χ0) is 23.6. The number of amides is 3. The van der Waals surface area contributed by atoms with Crippen LogP contribution >= 0.6 is 0 Å². The Balaban J connectivity index is 1.46. The van der Waals surface area contributed by atoms with E-state index < -0.39 is 35.1 Å². The molecule has 0 aromatic heterocycles. The number of aromatic hydroxyl groups is 1. The lowest BCUT2D eigenvalue weighted by atomic mass is 9.76. The van der Waals surface area contributed by atoms with Gasteiger partial charge in [-0.15, -0.1) is 0 Å². The first-order valence-electron chi connectivity index (χ1n) is 11.9. The van der Waals surface area contributed by atoms with Crippen molar-refractivity contribution in [3.63, 3.8) is 0 Å². The lowest BCUT2D eigenvalue weighted by molar-refractivity contribution is -0.146. The van der Waals surface area contributed by atoms with Gasteiger partial charge in [-0.05, 0) is 55.2 Å². The van der Waals surface area contributed by atoms with Crippen molar-refractivity contribution >= 4 is 23.4 Å². The molecular formula is C26H26FN3O4. The van der Waals surface area contributed by atoms with Gasteiger partial charge in [0, 0.05) is 23.3 Å². The summed E-state index contributed by atoms with van der Waals surface area (Å²) in [6.45, 7) is 0. The molecule has 3 fully saturated rings. The van der Waals surface area contributed by atoms with Crippen LogP contribution in [0.15, 0.2) is 42.5 Å². The Hall–Kier alpha value is -3.26. The van der Waals surface area contributed by atoms with Crippen molar-refractivity contribution in [3.8, 4) is 5.75 Å². The van der Waals surface area contributed by atoms with Gasteiger partial charge in [-0.1, -0.05) is 31.4 Å². The summed E-state index contributed by atoms with van der Waals surface area (Å²) in [6, 6.07) is 10.1. The molecule has 6 rings (SSSR count). The Kier molecular flexibility index (Phi) is 4.78. The van der Waals surface area contributed by atoms with Gasteiger partial charge in [0.2, 0.25) is 17.7 Å². The van der Waals surface area contributed by atoms with E-state index in [-0.39, 0.29) is 23.6 Å². The number of benzene rings is 2. The summed E-state index contributed by atoms with van der Waals surface area (Å²) >= 11 is 0. The monoisotopic (exact) mass is 463 g/mol. The maximum Gasteiger partial charge on any atom is 0.250 e. The Labute approximate surface area is 196 Å². The van der Waals surface area contributed by atoms with Crippen molar-refractivity contribution < 1.29 is 23.9 Å². The highest BCUT2D eigenvalue weighted by molar-refractivity contribution is 6.15. The summed E-state index contributed by atoms with van der Waals surface area (Å²) < 4.78 is 14.3. The molecule has 34 heavy (non-hydrogen) atoms. The summed E-state index contributed by atoms with van der Waals surface area (Å²) in [4.78, 5) is 42.6. The van der Waals surface area contributed by atoms with Crippen LogP contribution in [0, 0.1) is 17.7 Å². The van der Waals surface area contributed by atoms with E-state index in [1.54, 1.807) is 24.3 Å². The molecule has 0 bridgehead atoms. The fourth-order valence-corrected chi connectivity index (χ4v) is 6.56. The molecule has 3 heterocycles. The molecule has 3 N–H and O–H groups in total. The molecule has 4 atom stereocenters. The smallest absolute Gasteiger partial charge is 0.250 e. The third-order valence-electron chi connectivity index (χ3n) is 8.04. The Morgan fingerprint density at radius 2 is 1.74 bits per heavy atom. The quantitative estimate of drug-likeness (QED) is 0.608. The number of rotatable bonds is 3. The number of phenolic OH excluding ortho intramolecular Hbond substituents is 1. The predicted molar refractivity (Wildman–Crippen MR) is 121 cm³/mol. The zero-order valence-corrected chi connectivity index (χ0v) is 18.6. The molecule has 2 aromatic rings. The summed E-state index contributed by atoms with van der Waals surface area (Å²) in [5, 5.41) is 15.8. The van der Waals surface area contributed by atoms with Crippen LogP contribution in [-0.2, 0) is 26.3 Å². The van der Waals surface area contributed by atoms with Crippen LogP contribution in [0.5, 0.6) is 5.75 Å². The molecule has 176 valence electrons. The van der Waals surface area contributed by atoms with Crippen LogP contribution in [0.4, 0.5) is 10.1 Å². The summed E-state index contributed by atoms with van der Waals surface area (Å²) in [5.41, 5.74) is 0.201. The number of anilines is 1. The second kappa shape index (κ2) is 7.63. The second-order valence-electron chi connectivity index (χ2n) is 9.92. The SMILES string of the molecule is O=C1[C@@H]2[C@@H](Cc3ccc(O)cc3)N[C@@]3(C(=O)Nc4ccc(F)cc43)[C@H]2C(=O)N1C1CCCCC1. The third kappa shape index (κ3) is 2.94.